The zero-order valence-electron chi connectivity index (χ0n) is 13.0. The van der Waals surface area contributed by atoms with E-state index in [1.54, 1.807) is 24.4 Å². The first kappa shape index (κ1) is 16.4. The zero-order chi connectivity index (χ0) is 16.1. The number of rotatable bonds is 4. The molecule has 0 radical (unpaired) electrons. The molecule has 5 heteroatoms. The number of benzene rings is 1. The van der Waals surface area contributed by atoms with Crippen molar-refractivity contribution in [3.63, 3.8) is 0 Å². The first-order valence-electron chi connectivity index (χ1n) is 7.25. The topological polar surface area (TPSA) is 28.2 Å². The van der Waals surface area contributed by atoms with Gasteiger partial charge in [0.1, 0.15) is 5.82 Å². The number of aromatic nitrogens is 1. The molecule has 3 nitrogen and oxygen atoms in total. The summed E-state index contributed by atoms with van der Waals surface area (Å²) in [4.78, 5) is 6.40. The maximum absolute atomic E-state index is 13.8. The SMILES string of the molecule is CC(C)N(C(=S)Nc1ccccc1F)C(C)c1ccccn1. The van der Waals surface area contributed by atoms with Crippen molar-refractivity contribution in [2.45, 2.75) is 32.9 Å². The van der Waals surface area contributed by atoms with Gasteiger partial charge < -0.3 is 10.2 Å². The van der Waals surface area contributed by atoms with Crippen LogP contribution in [0.2, 0.25) is 0 Å². The van der Waals surface area contributed by atoms with Gasteiger partial charge in [-0.05, 0) is 57.3 Å². The van der Waals surface area contributed by atoms with Gasteiger partial charge in [-0.2, -0.15) is 0 Å². The highest BCUT2D eigenvalue weighted by molar-refractivity contribution is 7.80. The van der Waals surface area contributed by atoms with Gasteiger partial charge in [-0.15, -0.1) is 0 Å². The van der Waals surface area contributed by atoms with E-state index >= 15 is 0 Å². The fourth-order valence-electron chi connectivity index (χ4n) is 2.37. The van der Waals surface area contributed by atoms with E-state index in [2.05, 4.69) is 24.1 Å². The number of halogens is 1. The molecule has 1 unspecified atom stereocenters. The van der Waals surface area contributed by atoms with Crippen LogP contribution < -0.4 is 5.32 Å². The summed E-state index contributed by atoms with van der Waals surface area (Å²) in [5.74, 6) is -0.320. The second kappa shape index (κ2) is 7.31. The predicted octanol–water partition coefficient (Wildman–Crippen LogP) is 4.39. The van der Waals surface area contributed by atoms with Gasteiger partial charge >= 0.3 is 0 Å². The summed E-state index contributed by atoms with van der Waals surface area (Å²) in [5, 5.41) is 3.48. The Kier molecular flexibility index (Phi) is 5.44. The van der Waals surface area contributed by atoms with Gasteiger partial charge in [0.2, 0.25) is 0 Å². The first-order chi connectivity index (χ1) is 10.5. The number of para-hydroxylation sites is 1. The van der Waals surface area contributed by atoms with Crippen molar-refractivity contribution in [1.82, 2.24) is 9.88 Å². The minimum atomic E-state index is -0.320. The van der Waals surface area contributed by atoms with Crippen molar-refractivity contribution in [2.75, 3.05) is 5.32 Å². The molecule has 0 bridgehead atoms. The van der Waals surface area contributed by atoms with Gasteiger partial charge in [0.25, 0.3) is 0 Å². The highest BCUT2D eigenvalue weighted by Gasteiger charge is 2.22. The van der Waals surface area contributed by atoms with Crippen LogP contribution >= 0.6 is 12.2 Å². The lowest BCUT2D eigenvalue weighted by Gasteiger charge is -2.35. The number of hydrogen-bond acceptors (Lipinski definition) is 2. The normalized spacial score (nSPS) is 12.0. The van der Waals surface area contributed by atoms with Crippen molar-refractivity contribution in [2.24, 2.45) is 0 Å². The third-order valence-electron chi connectivity index (χ3n) is 3.44. The molecule has 116 valence electrons. The van der Waals surface area contributed by atoms with E-state index in [1.165, 1.54) is 6.07 Å². The number of hydrogen-bond donors (Lipinski definition) is 1. The molecule has 1 N–H and O–H groups in total. The van der Waals surface area contributed by atoms with Crippen LogP contribution in [-0.4, -0.2) is 21.0 Å². The van der Waals surface area contributed by atoms with Gasteiger partial charge in [-0.1, -0.05) is 18.2 Å². The van der Waals surface area contributed by atoms with E-state index in [0.29, 0.717) is 10.8 Å². The third kappa shape index (κ3) is 3.80. The lowest BCUT2D eigenvalue weighted by molar-refractivity contribution is 0.280. The van der Waals surface area contributed by atoms with Crippen LogP contribution in [0.25, 0.3) is 0 Å². The number of thiocarbonyl (C=S) groups is 1. The Morgan fingerprint density at radius 1 is 1.14 bits per heavy atom. The van der Waals surface area contributed by atoms with Crippen LogP contribution in [0.15, 0.2) is 48.7 Å². The van der Waals surface area contributed by atoms with Crippen molar-refractivity contribution in [1.29, 1.82) is 0 Å². The molecule has 1 heterocycles. The number of nitrogens with zero attached hydrogens (tertiary/aromatic N) is 2. The average molecular weight is 317 g/mol. The Hall–Kier alpha value is -2.01. The molecule has 0 aliphatic carbocycles. The fourth-order valence-corrected chi connectivity index (χ4v) is 2.84. The molecule has 0 saturated heterocycles. The molecule has 0 aliphatic heterocycles. The molecule has 22 heavy (non-hydrogen) atoms. The molecule has 2 aromatic rings. The molecule has 0 saturated carbocycles. The smallest absolute Gasteiger partial charge is 0.174 e. The van der Waals surface area contributed by atoms with E-state index in [0.717, 1.165) is 5.69 Å². The molecule has 1 aromatic carbocycles. The molecular formula is C17H20FN3S. The molecular weight excluding hydrogens is 297 g/mol. The van der Waals surface area contributed by atoms with Gasteiger partial charge in [-0.25, -0.2) is 4.39 Å². The Morgan fingerprint density at radius 3 is 2.41 bits per heavy atom. The van der Waals surface area contributed by atoms with Crippen molar-refractivity contribution in [3.8, 4) is 0 Å². The van der Waals surface area contributed by atoms with Crippen LogP contribution in [0, 0.1) is 5.82 Å². The molecule has 0 aliphatic rings. The maximum Gasteiger partial charge on any atom is 0.174 e. The summed E-state index contributed by atoms with van der Waals surface area (Å²) in [6.45, 7) is 6.14. The summed E-state index contributed by atoms with van der Waals surface area (Å²) in [5.41, 5.74) is 1.31. The predicted molar refractivity (Wildman–Crippen MR) is 92.2 cm³/mol. The van der Waals surface area contributed by atoms with Crippen LogP contribution in [0.5, 0.6) is 0 Å². The Bertz CT molecular complexity index is 631. The number of anilines is 1. The average Bonchev–Trinajstić information content (AvgIpc) is 2.50. The molecule has 1 aromatic heterocycles. The number of nitrogens with one attached hydrogen (secondary N) is 1. The summed E-state index contributed by atoms with van der Waals surface area (Å²) in [6, 6.07) is 12.5. The lowest BCUT2D eigenvalue weighted by Crippen LogP contribution is -2.42. The van der Waals surface area contributed by atoms with Crippen LogP contribution in [0.4, 0.5) is 10.1 Å². The van der Waals surface area contributed by atoms with E-state index < -0.39 is 0 Å². The van der Waals surface area contributed by atoms with E-state index in [1.807, 2.05) is 30.0 Å². The molecule has 0 amide bonds. The summed E-state index contributed by atoms with van der Waals surface area (Å²) >= 11 is 5.49. The molecule has 0 fully saturated rings. The highest BCUT2D eigenvalue weighted by atomic mass is 32.1. The van der Waals surface area contributed by atoms with E-state index in [4.69, 9.17) is 12.2 Å². The number of pyridine rings is 1. The second-order valence-electron chi connectivity index (χ2n) is 5.34. The van der Waals surface area contributed by atoms with E-state index in [9.17, 15) is 4.39 Å². The quantitative estimate of drug-likeness (QED) is 0.847. The van der Waals surface area contributed by atoms with Crippen molar-refractivity contribution >= 4 is 23.0 Å². The monoisotopic (exact) mass is 317 g/mol. The fraction of sp³-hybridized carbons (Fsp3) is 0.294. The Morgan fingerprint density at radius 2 is 1.82 bits per heavy atom. The standard InChI is InChI=1S/C17H20FN3S/c1-12(2)21(13(3)15-9-6-7-11-19-15)17(22)20-16-10-5-4-8-14(16)18/h4-13H,1-3H3,(H,20,22). The Balaban J connectivity index is 2.21. The summed E-state index contributed by atoms with van der Waals surface area (Å²) in [6.07, 6.45) is 1.76. The van der Waals surface area contributed by atoms with Crippen LogP contribution in [0.1, 0.15) is 32.5 Å². The highest BCUT2D eigenvalue weighted by Crippen LogP contribution is 2.23. The minimum absolute atomic E-state index is 0.00651. The first-order valence-corrected chi connectivity index (χ1v) is 7.66. The maximum atomic E-state index is 13.8. The minimum Gasteiger partial charge on any atom is -0.338 e. The van der Waals surface area contributed by atoms with Crippen molar-refractivity contribution < 1.29 is 4.39 Å². The molecule has 1 atom stereocenters. The summed E-state index contributed by atoms with van der Waals surface area (Å²) < 4.78 is 13.8. The van der Waals surface area contributed by atoms with Crippen LogP contribution in [-0.2, 0) is 0 Å². The van der Waals surface area contributed by atoms with Gasteiger partial charge in [0.15, 0.2) is 5.11 Å². The second-order valence-corrected chi connectivity index (χ2v) is 5.73. The zero-order valence-corrected chi connectivity index (χ0v) is 13.8. The third-order valence-corrected chi connectivity index (χ3v) is 3.75. The van der Waals surface area contributed by atoms with Gasteiger partial charge in [-0.3, -0.25) is 4.98 Å². The largest absolute Gasteiger partial charge is 0.338 e. The molecule has 2 rings (SSSR count). The lowest BCUT2D eigenvalue weighted by atomic mass is 10.1. The summed E-state index contributed by atoms with van der Waals surface area (Å²) in [7, 11) is 0. The van der Waals surface area contributed by atoms with Gasteiger partial charge in [0.05, 0.1) is 17.4 Å². The van der Waals surface area contributed by atoms with Gasteiger partial charge in [0, 0.05) is 12.2 Å². The van der Waals surface area contributed by atoms with Crippen molar-refractivity contribution in [3.05, 3.63) is 60.2 Å². The molecule has 0 spiro atoms. The van der Waals surface area contributed by atoms with E-state index in [-0.39, 0.29) is 17.9 Å². The van der Waals surface area contributed by atoms with Crippen LogP contribution in [0.3, 0.4) is 0 Å². The Labute approximate surface area is 136 Å².